The molecule has 6 aromatic carbocycles. The molecule has 6 aromatic rings. The van der Waals surface area contributed by atoms with Gasteiger partial charge in [0.05, 0.1) is 0 Å². The van der Waals surface area contributed by atoms with Crippen LogP contribution in [0.2, 0.25) is 0 Å². The Morgan fingerprint density at radius 1 is 0.474 bits per heavy atom. The Balaban J connectivity index is 1.78. The zero-order chi connectivity index (χ0) is 26.2. The SMILES string of the molecule is O=C(c1ccccc1I)c1cc2ccccc2c(-c2cccc3ccccc23)c1C(=O)c1ccccc1I. The van der Waals surface area contributed by atoms with Crippen LogP contribution in [0.1, 0.15) is 31.8 Å². The summed E-state index contributed by atoms with van der Waals surface area (Å²) in [6.07, 6.45) is 0. The highest BCUT2D eigenvalue weighted by molar-refractivity contribution is 14.1. The van der Waals surface area contributed by atoms with Gasteiger partial charge in [0.15, 0.2) is 11.6 Å². The molecule has 0 N–H and O–H groups in total. The van der Waals surface area contributed by atoms with Crippen LogP contribution in [0.4, 0.5) is 0 Å². The highest BCUT2D eigenvalue weighted by Crippen LogP contribution is 2.40. The van der Waals surface area contributed by atoms with Crippen molar-refractivity contribution >= 4 is 78.3 Å². The standard InChI is InChI=1S/C34H20I2O2/c35-29-18-7-5-15-26(29)33(37)28-20-22-11-2-4-14-24(22)31(25-17-9-12-21-10-1-3-13-23(21)25)32(28)34(38)27-16-6-8-19-30(27)36/h1-20H. The zero-order valence-electron chi connectivity index (χ0n) is 20.1. The molecule has 38 heavy (non-hydrogen) atoms. The van der Waals surface area contributed by atoms with Crippen LogP contribution in [0, 0.1) is 7.14 Å². The molecule has 0 aliphatic heterocycles. The molecule has 0 aliphatic carbocycles. The lowest BCUT2D eigenvalue weighted by Crippen LogP contribution is -2.15. The topological polar surface area (TPSA) is 34.1 Å². The number of hydrogen-bond donors (Lipinski definition) is 0. The van der Waals surface area contributed by atoms with E-state index in [9.17, 15) is 9.59 Å². The van der Waals surface area contributed by atoms with Crippen molar-refractivity contribution < 1.29 is 9.59 Å². The molecule has 0 bridgehead atoms. The molecule has 0 aromatic heterocycles. The van der Waals surface area contributed by atoms with E-state index in [0.29, 0.717) is 22.3 Å². The molecule has 182 valence electrons. The van der Waals surface area contributed by atoms with Gasteiger partial charge in [-0.25, -0.2) is 0 Å². The van der Waals surface area contributed by atoms with Gasteiger partial charge in [0, 0.05) is 35.0 Å². The second-order valence-corrected chi connectivity index (χ2v) is 11.4. The molecule has 4 heteroatoms. The Hall–Kier alpha value is -3.36. The Morgan fingerprint density at radius 3 is 1.68 bits per heavy atom. The molecule has 0 atom stereocenters. The van der Waals surface area contributed by atoms with Gasteiger partial charge >= 0.3 is 0 Å². The lowest BCUT2D eigenvalue weighted by Gasteiger charge is -2.19. The van der Waals surface area contributed by atoms with Crippen molar-refractivity contribution in [2.75, 3.05) is 0 Å². The summed E-state index contributed by atoms with van der Waals surface area (Å²) in [6.45, 7) is 0. The molecule has 0 unspecified atom stereocenters. The molecule has 0 spiro atoms. The summed E-state index contributed by atoms with van der Waals surface area (Å²) < 4.78 is 1.70. The molecule has 0 fully saturated rings. The van der Waals surface area contributed by atoms with Crippen molar-refractivity contribution in [1.82, 2.24) is 0 Å². The molecule has 0 saturated heterocycles. The number of carbonyl (C=O) groups excluding carboxylic acids is 2. The van der Waals surface area contributed by atoms with Gasteiger partial charge in [-0.2, -0.15) is 0 Å². The molecule has 0 radical (unpaired) electrons. The van der Waals surface area contributed by atoms with E-state index in [1.807, 2.05) is 97.1 Å². The summed E-state index contributed by atoms with van der Waals surface area (Å²) in [5.41, 5.74) is 3.75. The number of benzene rings is 6. The maximum Gasteiger partial charge on any atom is 0.195 e. The Kier molecular flexibility index (Phi) is 6.84. The largest absolute Gasteiger partial charge is 0.289 e. The van der Waals surface area contributed by atoms with Crippen LogP contribution in [0.3, 0.4) is 0 Å². The van der Waals surface area contributed by atoms with E-state index in [0.717, 1.165) is 39.8 Å². The molecule has 0 heterocycles. The number of hydrogen-bond acceptors (Lipinski definition) is 2. The fourth-order valence-electron chi connectivity index (χ4n) is 5.06. The van der Waals surface area contributed by atoms with Gasteiger partial charge in [0.1, 0.15) is 0 Å². The van der Waals surface area contributed by atoms with Crippen LogP contribution < -0.4 is 0 Å². The Labute approximate surface area is 248 Å². The van der Waals surface area contributed by atoms with Crippen molar-refractivity contribution in [3.05, 3.63) is 151 Å². The van der Waals surface area contributed by atoms with Crippen LogP contribution >= 0.6 is 45.2 Å². The molecule has 0 amide bonds. The quantitative estimate of drug-likeness (QED) is 0.132. The van der Waals surface area contributed by atoms with Gasteiger partial charge in [-0.05, 0) is 103 Å². The van der Waals surface area contributed by atoms with E-state index in [1.165, 1.54) is 0 Å². The van der Waals surface area contributed by atoms with Crippen LogP contribution in [0.15, 0.2) is 121 Å². The third-order valence-corrected chi connectivity index (χ3v) is 8.70. The van der Waals surface area contributed by atoms with Gasteiger partial charge in [-0.1, -0.05) is 91.0 Å². The summed E-state index contributed by atoms with van der Waals surface area (Å²) in [6, 6.07) is 39.3. The monoisotopic (exact) mass is 714 g/mol. The summed E-state index contributed by atoms with van der Waals surface area (Å²) >= 11 is 4.39. The Bertz CT molecular complexity index is 1880. The molecule has 6 rings (SSSR count). The van der Waals surface area contributed by atoms with Crippen LogP contribution in [0.5, 0.6) is 0 Å². The highest BCUT2D eigenvalue weighted by atomic mass is 127. The highest BCUT2D eigenvalue weighted by Gasteiger charge is 2.28. The fraction of sp³-hybridized carbons (Fsp3) is 0. The van der Waals surface area contributed by atoms with E-state index < -0.39 is 0 Å². The summed E-state index contributed by atoms with van der Waals surface area (Å²) in [4.78, 5) is 28.8. The van der Waals surface area contributed by atoms with Crippen molar-refractivity contribution in [3.8, 4) is 11.1 Å². The first kappa shape index (κ1) is 24.9. The van der Waals surface area contributed by atoms with Crippen LogP contribution in [0.25, 0.3) is 32.7 Å². The predicted molar refractivity (Wildman–Crippen MR) is 172 cm³/mol. The molecule has 2 nitrogen and oxygen atoms in total. The Morgan fingerprint density at radius 2 is 1.00 bits per heavy atom. The third kappa shape index (κ3) is 4.35. The minimum Gasteiger partial charge on any atom is -0.289 e. The second-order valence-electron chi connectivity index (χ2n) is 9.04. The maximum absolute atomic E-state index is 14.5. The molecule has 0 aliphatic rings. The minimum absolute atomic E-state index is 0.155. The fourth-order valence-corrected chi connectivity index (χ4v) is 6.32. The van der Waals surface area contributed by atoms with Gasteiger partial charge in [0.2, 0.25) is 0 Å². The summed E-state index contributed by atoms with van der Waals surface area (Å²) in [5, 5.41) is 3.98. The average molecular weight is 714 g/mol. The first-order valence-corrected chi connectivity index (χ1v) is 14.3. The van der Waals surface area contributed by atoms with Crippen molar-refractivity contribution in [2.24, 2.45) is 0 Å². The molecular formula is C34H20I2O2. The van der Waals surface area contributed by atoms with E-state index in [1.54, 1.807) is 0 Å². The van der Waals surface area contributed by atoms with Gasteiger partial charge < -0.3 is 0 Å². The van der Waals surface area contributed by atoms with E-state index in [-0.39, 0.29) is 11.6 Å². The molecule has 0 saturated carbocycles. The summed E-state index contributed by atoms with van der Waals surface area (Å²) in [7, 11) is 0. The summed E-state index contributed by atoms with van der Waals surface area (Å²) in [5.74, 6) is -0.311. The van der Waals surface area contributed by atoms with Gasteiger partial charge in [-0.15, -0.1) is 0 Å². The molecular weight excluding hydrogens is 694 g/mol. The van der Waals surface area contributed by atoms with Gasteiger partial charge in [0.25, 0.3) is 0 Å². The smallest absolute Gasteiger partial charge is 0.195 e. The van der Waals surface area contributed by atoms with E-state index in [2.05, 4.69) is 69.4 Å². The average Bonchev–Trinajstić information content (AvgIpc) is 2.96. The number of rotatable bonds is 5. The number of ketones is 2. The van der Waals surface area contributed by atoms with E-state index in [4.69, 9.17) is 0 Å². The second kappa shape index (κ2) is 10.4. The van der Waals surface area contributed by atoms with Crippen LogP contribution in [-0.4, -0.2) is 11.6 Å². The third-order valence-electron chi connectivity index (χ3n) is 6.82. The lowest BCUT2D eigenvalue weighted by molar-refractivity contribution is 0.100. The van der Waals surface area contributed by atoms with Crippen molar-refractivity contribution in [2.45, 2.75) is 0 Å². The van der Waals surface area contributed by atoms with Gasteiger partial charge in [-0.3, -0.25) is 9.59 Å². The predicted octanol–water partition coefficient (Wildman–Crippen LogP) is 9.33. The first-order chi connectivity index (χ1) is 18.5. The minimum atomic E-state index is -0.156. The zero-order valence-corrected chi connectivity index (χ0v) is 24.4. The number of halogens is 2. The van der Waals surface area contributed by atoms with Crippen molar-refractivity contribution in [1.29, 1.82) is 0 Å². The van der Waals surface area contributed by atoms with Crippen LogP contribution in [-0.2, 0) is 0 Å². The van der Waals surface area contributed by atoms with E-state index >= 15 is 0 Å². The van der Waals surface area contributed by atoms with Crippen molar-refractivity contribution in [3.63, 3.8) is 0 Å². The normalized spacial score (nSPS) is 11.1. The number of carbonyl (C=O) groups is 2. The first-order valence-electron chi connectivity index (χ1n) is 12.2. The lowest BCUT2D eigenvalue weighted by atomic mass is 9.82. The maximum atomic E-state index is 14.5. The number of fused-ring (bicyclic) bond motifs is 2.